The average Bonchev–Trinajstić information content (AvgIpc) is 2.79. The third-order valence-corrected chi connectivity index (χ3v) is 4.50. The molecule has 1 saturated heterocycles. The zero-order valence-electron chi connectivity index (χ0n) is 13.4. The molecule has 22 heavy (non-hydrogen) atoms. The number of carbonyl (C=O) groups excluding carboxylic acids is 2. The Balaban J connectivity index is 1.89. The van der Waals surface area contributed by atoms with Crippen LogP contribution in [0.2, 0.25) is 0 Å². The summed E-state index contributed by atoms with van der Waals surface area (Å²) < 4.78 is 5.34. The van der Waals surface area contributed by atoms with E-state index in [0.29, 0.717) is 6.42 Å². The van der Waals surface area contributed by atoms with Gasteiger partial charge in [0.25, 0.3) is 0 Å². The van der Waals surface area contributed by atoms with Crippen LogP contribution in [-0.4, -0.2) is 34.3 Å². The Morgan fingerprint density at radius 2 is 2.00 bits per heavy atom. The van der Waals surface area contributed by atoms with Crippen LogP contribution in [0.3, 0.4) is 0 Å². The van der Waals surface area contributed by atoms with Gasteiger partial charge in [0, 0.05) is 17.9 Å². The molecule has 5 heteroatoms. The summed E-state index contributed by atoms with van der Waals surface area (Å²) in [6, 6.07) is 10.1. The number of nitrogens with zero attached hydrogens (tertiary/aromatic N) is 1. The number of thioether (sulfide) groups is 1. The summed E-state index contributed by atoms with van der Waals surface area (Å²) >= 11 is 1.74. The Labute approximate surface area is 136 Å². The molecular weight excluding hydrogens is 298 g/mol. The number of hydrogen-bond acceptors (Lipinski definition) is 4. The molecule has 0 saturated carbocycles. The molecule has 1 aliphatic rings. The van der Waals surface area contributed by atoms with Gasteiger partial charge >= 0.3 is 6.09 Å². The third-order valence-electron chi connectivity index (χ3n) is 3.34. The van der Waals surface area contributed by atoms with Crippen molar-refractivity contribution in [1.82, 2.24) is 4.90 Å². The molecule has 0 N–H and O–H groups in total. The molecule has 1 heterocycles. The van der Waals surface area contributed by atoms with Gasteiger partial charge in [-0.1, -0.05) is 30.3 Å². The van der Waals surface area contributed by atoms with Crippen LogP contribution in [0.1, 0.15) is 39.2 Å². The van der Waals surface area contributed by atoms with Crippen LogP contribution in [0.15, 0.2) is 30.3 Å². The van der Waals surface area contributed by atoms with E-state index in [2.05, 4.69) is 12.1 Å². The smallest absolute Gasteiger partial charge is 0.417 e. The van der Waals surface area contributed by atoms with Gasteiger partial charge in [0.15, 0.2) is 0 Å². The zero-order chi connectivity index (χ0) is 16.2. The van der Waals surface area contributed by atoms with Crippen molar-refractivity contribution in [3.8, 4) is 0 Å². The van der Waals surface area contributed by atoms with Gasteiger partial charge in [-0.3, -0.25) is 4.79 Å². The van der Waals surface area contributed by atoms with Gasteiger partial charge in [0.1, 0.15) is 5.60 Å². The Kier molecular flexibility index (Phi) is 5.51. The number of amides is 2. The maximum absolute atomic E-state index is 12.2. The minimum Gasteiger partial charge on any atom is -0.443 e. The highest BCUT2D eigenvalue weighted by Gasteiger charge is 2.38. The highest BCUT2D eigenvalue weighted by Crippen LogP contribution is 2.26. The van der Waals surface area contributed by atoms with Gasteiger partial charge in [0.2, 0.25) is 5.91 Å². The second-order valence-corrected chi connectivity index (χ2v) is 7.47. The fourth-order valence-electron chi connectivity index (χ4n) is 2.35. The number of likely N-dealkylation sites (tertiary alicyclic amines) is 1. The summed E-state index contributed by atoms with van der Waals surface area (Å²) in [5.41, 5.74) is 0.669. The van der Waals surface area contributed by atoms with Crippen molar-refractivity contribution in [2.75, 3.05) is 5.75 Å². The highest BCUT2D eigenvalue weighted by molar-refractivity contribution is 7.98. The molecule has 0 spiro atoms. The zero-order valence-corrected chi connectivity index (χ0v) is 14.2. The third kappa shape index (κ3) is 4.77. The SMILES string of the molecule is CC(C)(C)OC(=O)N1C(=O)CC[C@@H]1CSCc1ccccc1. The molecule has 1 aliphatic heterocycles. The largest absolute Gasteiger partial charge is 0.443 e. The molecule has 1 aromatic carbocycles. The minimum atomic E-state index is -0.582. The summed E-state index contributed by atoms with van der Waals surface area (Å²) in [5, 5.41) is 0. The number of carbonyl (C=O) groups is 2. The second-order valence-electron chi connectivity index (χ2n) is 6.44. The molecular formula is C17H23NO3S. The monoisotopic (exact) mass is 321 g/mol. The van der Waals surface area contributed by atoms with Gasteiger partial charge < -0.3 is 4.74 Å². The van der Waals surface area contributed by atoms with Gasteiger partial charge in [-0.2, -0.15) is 11.8 Å². The predicted octanol–water partition coefficient (Wildman–Crippen LogP) is 3.85. The maximum atomic E-state index is 12.2. The van der Waals surface area contributed by atoms with Crippen LogP contribution >= 0.6 is 11.8 Å². The molecule has 0 radical (unpaired) electrons. The van der Waals surface area contributed by atoms with Crippen LogP contribution < -0.4 is 0 Å². The van der Waals surface area contributed by atoms with Crippen LogP contribution in [0.25, 0.3) is 0 Å². The molecule has 0 unspecified atom stereocenters. The first-order valence-corrected chi connectivity index (χ1v) is 8.69. The van der Waals surface area contributed by atoms with Crippen LogP contribution in [-0.2, 0) is 15.3 Å². The first-order valence-electron chi connectivity index (χ1n) is 7.53. The number of ether oxygens (including phenoxy) is 1. The standard InChI is InChI=1S/C17H23NO3S/c1-17(2,3)21-16(20)18-14(9-10-15(18)19)12-22-11-13-7-5-4-6-8-13/h4-8,14H,9-12H2,1-3H3/t14-/m1/s1. The highest BCUT2D eigenvalue weighted by atomic mass is 32.2. The quantitative estimate of drug-likeness (QED) is 0.845. The number of rotatable bonds is 4. The van der Waals surface area contributed by atoms with Gasteiger partial charge in [0.05, 0.1) is 6.04 Å². The molecule has 2 amide bonds. The van der Waals surface area contributed by atoms with Gasteiger partial charge in [-0.05, 0) is 32.8 Å². The van der Waals surface area contributed by atoms with E-state index < -0.39 is 11.7 Å². The lowest BCUT2D eigenvalue weighted by Gasteiger charge is -2.27. The average molecular weight is 321 g/mol. The van der Waals surface area contributed by atoms with Crippen molar-refractivity contribution < 1.29 is 14.3 Å². The molecule has 0 bridgehead atoms. The van der Waals surface area contributed by atoms with E-state index in [1.807, 2.05) is 39.0 Å². The molecule has 1 aromatic rings. The summed E-state index contributed by atoms with van der Waals surface area (Å²) in [5.74, 6) is 1.51. The number of hydrogen-bond donors (Lipinski definition) is 0. The van der Waals surface area contributed by atoms with E-state index in [-0.39, 0.29) is 11.9 Å². The van der Waals surface area contributed by atoms with Gasteiger partial charge in [-0.15, -0.1) is 0 Å². The predicted molar refractivity (Wildman–Crippen MR) is 88.7 cm³/mol. The molecule has 2 rings (SSSR count). The van der Waals surface area contributed by atoms with Crippen molar-refractivity contribution in [2.24, 2.45) is 0 Å². The number of imide groups is 1. The van der Waals surface area contributed by atoms with E-state index in [1.165, 1.54) is 10.5 Å². The fraction of sp³-hybridized carbons (Fsp3) is 0.529. The Morgan fingerprint density at radius 1 is 1.32 bits per heavy atom. The van der Waals surface area contributed by atoms with E-state index in [4.69, 9.17) is 4.74 Å². The summed E-state index contributed by atoms with van der Waals surface area (Å²) in [6.45, 7) is 5.43. The van der Waals surface area contributed by atoms with Crippen LogP contribution in [0.5, 0.6) is 0 Å². The normalized spacial score (nSPS) is 18.6. The van der Waals surface area contributed by atoms with Crippen molar-refractivity contribution in [1.29, 1.82) is 0 Å². The lowest BCUT2D eigenvalue weighted by atomic mass is 10.2. The maximum Gasteiger partial charge on any atom is 0.417 e. The van der Waals surface area contributed by atoms with Gasteiger partial charge in [-0.25, -0.2) is 9.69 Å². The van der Waals surface area contributed by atoms with E-state index in [1.54, 1.807) is 11.8 Å². The lowest BCUT2D eigenvalue weighted by molar-refractivity contribution is -0.127. The Hall–Kier alpha value is -1.49. The summed E-state index contributed by atoms with van der Waals surface area (Å²) in [7, 11) is 0. The van der Waals surface area contributed by atoms with Crippen LogP contribution in [0, 0.1) is 0 Å². The van der Waals surface area contributed by atoms with E-state index in [9.17, 15) is 9.59 Å². The molecule has 0 aliphatic carbocycles. The van der Waals surface area contributed by atoms with Crippen molar-refractivity contribution in [3.05, 3.63) is 35.9 Å². The Bertz CT molecular complexity index is 524. The topological polar surface area (TPSA) is 46.6 Å². The first-order chi connectivity index (χ1) is 10.4. The number of benzene rings is 1. The second kappa shape index (κ2) is 7.18. The van der Waals surface area contributed by atoms with Crippen molar-refractivity contribution >= 4 is 23.8 Å². The fourth-order valence-corrected chi connectivity index (χ4v) is 3.48. The summed E-state index contributed by atoms with van der Waals surface area (Å²) in [6.07, 6.45) is 0.635. The van der Waals surface area contributed by atoms with E-state index in [0.717, 1.165) is 17.9 Å². The lowest BCUT2D eigenvalue weighted by Crippen LogP contribution is -2.43. The minimum absolute atomic E-state index is 0.0592. The summed E-state index contributed by atoms with van der Waals surface area (Å²) in [4.78, 5) is 25.5. The molecule has 120 valence electrons. The van der Waals surface area contributed by atoms with E-state index >= 15 is 0 Å². The van der Waals surface area contributed by atoms with Crippen molar-refractivity contribution in [2.45, 2.75) is 51.0 Å². The molecule has 1 atom stereocenters. The Morgan fingerprint density at radius 3 is 2.64 bits per heavy atom. The molecule has 1 fully saturated rings. The van der Waals surface area contributed by atoms with Crippen molar-refractivity contribution in [3.63, 3.8) is 0 Å². The first kappa shape index (κ1) is 16.9. The molecule has 4 nitrogen and oxygen atoms in total. The molecule has 0 aromatic heterocycles. The van der Waals surface area contributed by atoms with Crippen LogP contribution in [0.4, 0.5) is 4.79 Å².